The summed E-state index contributed by atoms with van der Waals surface area (Å²) in [4.78, 5) is 15.0. The summed E-state index contributed by atoms with van der Waals surface area (Å²) in [5.74, 6) is 1.95. The molecule has 8 rings (SSSR count). The van der Waals surface area contributed by atoms with Crippen LogP contribution >= 0.6 is 0 Å². The third-order valence-corrected chi connectivity index (χ3v) is 8.09. The molecule has 0 bridgehead atoms. The predicted octanol–water partition coefficient (Wildman–Crippen LogP) is 10.5. The Morgan fingerprint density at radius 3 is 1.39 bits per heavy atom. The number of nitrogens with zero attached hydrogens (tertiary/aromatic N) is 3. The smallest absolute Gasteiger partial charge is 0.164 e. The van der Waals surface area contributed by atoms with Crippen molar-refractivity contribution in [3.05, 3.63) is 164 Å². The predicted molar refractivity (Wildman–Crippen MR) is 182 cm³/mol. The van der Waals surface area contributed by atoms with Gasteiger partial charge in [0.1, 0.15) is 0 Å². The lowest BCUT2D eigenvalue weighted by molar-refractivity contribution is 1.07. The molecule has 0 amide bonds. The molecule has 3 nitrogen and oxygen atoms in total. The van der Waals surface area contributed by atoms with Crippen LogP contribution in [0, 0.1) is 0 Å². The zero-order valence-electron chi connectivity index (χ0n) is 23.9. The van der Waals surface area contributed by atoms with Crippen molar-refractivity contribution in [2.24, 2.45) is 0 Å². The SMILES string of the molecule is c1ccc(-c2cccc(-c3nc(-c4ccccc4)nc(-c4cccc(-c5ccc6c(ccc7ccccc76)c5)c4)n3)c2)cc1. The van der Waals surface area contributed by atoms with E-state index in [-0.39, 0.29) is 0 Å². The van der Waals surface area contributed by atoms with Crippen LogP contribution in [0.5, 0.6) is 0 Å². The van der Waals surface area contributed by atoms with Crippen molar-refractivity contribution in [3.63, 3.8) is 0 Å². The topological polar surface area (TPSA) is 38.7 Å². The molecule has 0 saturated heterocycles. The average Bonchev–Trinajstić information content (AvgIpc) is 3.12. The second kappa shape index (κ2) is 11.0. The Morgan fingerprint density at radius 2 is 0.705 bits per heavy atom. The van der Waals surface area contributed by atoms with E-state index in [0.29, 0.717) is 17.5 Å². The van der Waals surface area contributed by atoms with E-state index in [1.807, 2.05) is 36.4 Å². The molecule has 0 radical (unpaired) electrons. The maximum Gasteiger partial charge on any atom is 0.164 e. The summed E-state index contributed by atoms with van der Waals surface area (Å²) in [7, 11) is 0. The first-order valence-electron chi connectivity index (χ1n) is 14.8. The van der Waals surface area contributed by atoms with Crippen molar-refractivity contribution >= 4 is 21.5 Å². The molecule has 0 saturated carbocycles. The summed E-state index contributed by atoms with van der Waals surface area (Å²) in [5.41, 5.74) is 7.40. The third kappa shape index (κ3) is 4.91. The minimum Gasteiger partial charge on any atom is -0.208 e. The van der Waals surface area contributed by atoms with Crippen molar-refractivity contribution in [3.8, 4) is 56.4 Å². The van der Waals surface area contributed by atoms with Gasteiger partial charge in [0.2, 0.25) is 0 Å². The van der Waals surface area contributed by atoms with Crippen molar-refractivity contribution < 1.29 is 0 Å². The molecular weight excluding hydrogens is 534 g/mol. The van der Waals surface area contributed by atoms with E-state index >= 15 is 0 Å². The van der Waals surface area contributed by atoms with Crippen LogP contribution in [-0.2, 0) is 0 Å². The van der Waals surface area contributed by atoms with Crippen LogP contribution in [0.1, 0.15) is 0 Å². The maximum absolute atomic E-state index is 5.03. The minimum absolute atomic E-state index is 0.646. The summed E-state index contributed by atoms with van der Waals surface area (Å²) in [6.07, 6.45) is 0. The Labute approximate surface area is 256 Å². The van der Waals surface area contributed by atoms with Gasteiger partial charge in [-0.15, -0.1) is 0 Å². The lowest BCUT2D eigenvalue weighted by atomic mass is 9.96. The van der Waals surface area contributed by atoms with Crippen LogP contribution in [0.3, 0.4) is 0 Å². The highest BCUT2D eigenvalue weighted by molar-refractivity contribution is 6.08. The third-order valence-electron chi connectivity index (χ3n) is 8.09. The van der Waals surface area contributed by atoms with Gasteiger partial charge in [-0.2, -0.15) is 0 Å². The number of aromatic nitrogens is 3. The zero-order chi connectivity index (χ0) is 29.3. The van der Waals surface area contributed by atoms with E-state index < -0.39 is 0 Å². The molecule has 0 aliphatic rings. The van der Waals surface area contributed by atoms with Gasteiger partial charge < -0.3 is 0 Å². The van der Waals surface area contributed by atoms with Crippen molar-refractivity contribution in [1.29, 1.82) is 0 Å². The molecule has 1 heterocycles. The molecule has 44 heavy (non-hydrogen) atoms. The Hall–Kier alpha value is -5.93. The van der Waals surface area contributed by atoms with Crippen molar-refractivity contribution in [2.75, 3.05) is 0 Å². The highest BCUT2D eigenvalue weighted by Gasteiger charge is 2.14. The molecule has 7 aromatic carbocycles. The van der Waals surface area contributed by atoms with Crippen LogP contribution in [0.15, 0.2) is 164 Å². The zero-order valence-corrected chi connectivity index (χ0v) is 23.9. The molecule has 0 N–H and O–H groups in total. The fourth-order valence-electron chi connectivity index (χ4n) is 5.85. The van der Waals surface area contributed by atoms with Gasteiger partial charge >= 0.3 is 0 Å². The Bertz CT molecular complexity index is 2270. The molecule has 206 valence electrons. The molecule has 3 heteroatoms. The van der Waals surface area contributed by atoms with Gasteiger partial charge in [-0.05, 0) is 62.0 Å². The summed E-state index contributed by atoms with van der Waals surface area (Å²) >= 11 is 0. The van der Waals surface area contributed by atoms with Crippen molar-refractivity contribution in [2.45, 2.75) is 0 Å². The first kappa shape index (κ1) is 25.8. The summed E-state index contributed by atoms with van der Waals surface area (Å²) in [5, 5.41) is 5.01. The van der Waals surface area contributed by atoms with E-state index in [1.54, 1.807) is 0 Å². The molecule has 0 atom stereocenters. The Kier molecular flexibility index (Phi) is 6.47. The Morgan fingerprint density at radius 1 is 0.250 bits per heavy atom. The van der Waals surface area contributed by atoms with Gasteiger partial charge in [0, 0.05) is 16.7 Å². The number of hydrogen-bond acceptors (Lipinski definition) is 3. The molecule has 1 aromatic heterocycles. The highest BCUT2D eigenvalue weighted by Crippen LogP contribution is 2.32. The van der Waals surface area contributed by atoms with Gasteiger partial charge in [0.05, 0.1) is 0 Å². The van der Waals surface area contributed by atoms with E-state index in [0.717, 1.165) is 38.9 Å². The largest absolute Gasteiger partial charge is 0.208 e. The van der Waals surface area contributed by atoms with Crippen LogP contribution in [0.25, 0.3) is 78.0 Å². The molecular formula is C41H27N3. The van der Waals surface area contributed by atoms with Gasteiger partial charge in [-0.25, -0.2) is 15.0 Å². The molecule has 8 aromatic rings. The lowest BCUT2D eigenvalue weighted by Crippen LogP contribution is -2.00. The number of fused-ring (bicyclic) bond motifs is 3. The van der Waals surface area contributed by atoms with Crippen molar-refractivity contribution in [1.82, 2.24) is 15.0 Å². The summed E-state index contributed by atoms with van der Waals surface area (Å²) < 4.78 is 0. The number of rotatable bonds is 5. The van der Waals surface area contributed by atoms with Gasteiger partial charge in [0.25, 0.3) is 0 Å². The number of benzene rings is 7. The first-order valence-corrected chi connectivity index (χ1v) is 14.8. The van der Waals surface area contributed by atoms with Crippen LogP contribution in [-0.4, -0.2) is 15.0 Å². The van der Waals surface area contributed by atoms with Gasteiger partial charge in [0.15, 0.2) is 17.5 Å². The van der Waals surface area contributed by atoms with Crippen LogP contribution < -0.4 is 0 Å². The Balaban J connectivity index is 1.24. The monoisotopic (exact) mass is 561 g/mol. The van der Waals surface area contributed by atoms with Crippen LogP contribution in [0.2, 0.25) is 0 Å². The minimum atomic E-state index is 0.646. The standard InChI is InChI=1S/C41H27N3/c1-3-11-28(12-4-1)31-16-9-18-35(26-31)40-42-39(30-14-5-2-6-15-30)43-41(44-40)36-19-10-17-32(27-36)33-23-24-38-34(25-33)22-21-29-13-7-8-20-37(29)38/h1-27H. The summed E-state index contributed by atoms with van der Waals surface area (Å²) in [6, 6.07) is 57.0. The van der Waals surface area contributed by atoms with Crippen LogP contribution in [0.4, 0.5) is 0 Å². The van der Waals surface area contributed by atoms with E-state index in [9.17, 15) is 0 Å². The number of hydrogen-bond donors (Lipinski definition) is 0. The van der Waals surface area contributed by atoms with E-state index in [4.69, 9.17) is 15.0 Å². The molecule has 0 spiro atoms. The van der Waals surface area contributed by atoms with E-state index in [1.165, 1.54) is 21.5 Å². The normalized spacial score (nSPS) is 11.2. The highest BCUT2D eigenvalue weighted by atomic mass is 15.0. The fourth-order valence-corrected chi connectivity index (χ4v) is 5.85. The summed E-state index contributed by atoms with van der Waals surface area (Å²) in [6.45, 7) is 0. The lowest BCUT2D eigenvalue weighted by Gasteiger charge is -2.11. The average molecular weight is 562 g/mol. The molecule has 0 unspecified atom stereocenters. The molecule has 0 aliphatic carbocycles. The van der Waals surface area contributed by atoms with Gasteiger partial charge in [-0.1, -0.05) is 146 Å². The molecule has 0 aliphatic heterocycles. The van der Waals surface area contributed by atoms with Gasteiger partial charge in [-0.3, -0.25) is 0 Å². The molecule has 0 fully saturated rings. The maximum atomic E-state index is 5.03. The second-order valence-corrected chi connectivity index (χ2v) is 10.9. The fraction of sp³-hybridized carbons (Fsp3) is 0. The quantitative estimate of drug-likeness (QED) is 0.196. The van der Waals surface area contributed by atoms with E-state index in [2.05, 4.69) is 127 Å². The second-order valence-electron chi connectivity index (χ2n) is 10.9. The first-order chi connectivity index (χ1) is 21.8.